The molecule has 0 saturated heterocycles. The second kappa shape index (κ2) is 5.33. The van der Waals surface area contributed by atoms with Crippen LogP contribution in [0.1, 0.15) is 0 Å². The van der Waals surface area contributed by atoms with Crippen molar-refractivity contribution in [1.29, 1.82) is 0 Å². The van der Waals surface area contributed by atoms with Crippen LogP contribution in [-0.2, 0) is 0 Å². The molecule has 0 bridgehead atoms. The first-order chi connectivity index (χ1) is 5.83. The molecule has 1 atom stereocenters. The van der Waals surface area contributed by atoms with Crippen LogP contribution in [-0.4, -0.2) is 37.9 Å². The molecule has 0 amide bonds. The second-order valence-corrected chi connectivity index (χ2v) is 4.75. The second-order valence-electron chi connectivity index (χ2n) is 2.46. The standard InChI is InChI=1S/C9H12O2Se/c10-6-8(11)7-12-9-4-2-1-3-5-9/h1-5,8,10-11H,6-7H2/t8-/m1/s1. The molecule has 2 N–H and O–H groups in total. The van der Waals surface area contributed by atoms with Gasteiger partial charge in [-0.3, -0.25) is 0 Å². The predicted molar refractivity (Wildman–Crippen MR) is 49.7 cm³/mol. The molecule has 0 fully saturated rings. The van der Waals surface area contributed by atoms with E-state index < -0.39 is 6.10 Å². The van der Waals surface area contributed by atoms with Crippen LogP contribution in [0.2, 0.25) is 5.32 Å². The van der Waals surface area contributed by atoms with Crippen molar-refractivity contribution in [3.8, 4) is 0 Å². The van der Waals surface area contributed by atoms with E-state index in [1.807, 2.05) is 30.3 Å². The van der Waals surface area contributed by atoms with Crippen molar-refractivity contribution in [3.05, 3.63) is 30.3 Å². The first kappa shape index (κ1) is 9.75. The van der Waals surface area contributed by atoms with Crippen molar-refractivity contribution in [2.45, 2.75) is 11.4 Å². The number of hydrogen-bond donors (Lipinski definition) is 2. The summed E-state index contributed by atoms with van der Waals surface area (Å²) < 4.78 is 1.26. The Morgan fingerprint density at radius 1 is 1.25 bits per heavy atom. The summed E-state index contributed by atoms with van der Waals surface area (Å²) in [6, 6.07) is 10.0. The zero-order valence-electron chi connectivity index (χ0n) is 6.68. The van der Waals surface area contributed by atoms with E-state index in [1.54, 1.807) is 0 Å². The van der Waals surface area contributed by atoms with Crippen molar-refractivity contribution in [2.24, 2.45) is 0 Å². The zero-order chi connectivity index (χ0) is 8.81. The van der Waals surface area contributed by atoms with Crippen LogP contribution in [0, 0.1) is 0 Å². The third-order valence-electron chi connectivity index (χ3n) is 1.40. The molecule has 2 nitrogen and oxygen atoms in total. The van der Waals surface area contributed by atoms with Crippen molar-refractivity contribution < 1.29 is 10.2 Å². The Labute approximate surface area is 78.4 Å². The predicted octanol–water partition coefficient (Wildman–Crippen LogP) is -0.212. The van der Waals surface area contributed by atoms with E-state index in [0.717, 1.165) is 0 Å². The van der Waals surface area contributed by atoms with E-state index in [9.17, 15) is 0 Å². The van der Waals surface area contributed by atoms with Crippen LogP contribution in [0.3, 0.4) is 0 Å². The quantitative estimate of drug-likeness (QED) is 0.704. The van der Waals surface area contributed by atoms with Crippen molar-refractivity contribution >= 4 is 19.4 Å². The van der Waals surface area contributed by atoms with Crippen molar-refractivity contribution in [1.82, 2.24) is 0 Å². The van der Waals surface area contributed by atoms with E-state index in [2.05, 4.69) is 0 Å². The molecule has 3 heteroatoms. The van der Waals surface area contributed by atoms with Gasteiger partial charge in [0.15, 0.2) is 0 Å². The average Bonchev–Trinajstić information content (AvgIpc) is 2.16. The molecule has 66 valence electrons. The van der Waals surface area contributed by atoms with Crippen molar-refractivity contribution in [2.75, 3.05) is 6.61 Å². The minimum atomic E-state index is -0.551. The van der Waals surface area contributed by atoms with Gasteiger partial charge in [0.2, 0.25) is 0 Å². The summed E-state index contributed by atoms with van der Waals surface area (Å²) >= 11 is 0.281. The fourth-order valence-corrected chi connectivity index (χ4v) is 2.52. The summed E-state index contributed by atoms with van der Waals surface area (Å²) in [5, 5.41) is 18.3. The summed E-state index contributed by atoms with van der Waals surface area (Å²) in [5.74, 6) is 0. The molecule has 1 aromatic rings. The topological polar surface area (TPSA) is 40.5 Å². The molecule has 0 spiro atoms. The number of hydrogen-bond acceptors (Lipinski definition) is 2. The van der Waals surface area contributed by atoms with E-state index >= 15 is 0 Å². The van der Waals surface area contributed by atoms with Crippen molar-refractivity contribution in [3.63, 3.8) is 0 Å². The minimum absolute atomic E-state index is 0.130. The molecule has 0 aliphatic rings. The zero-order valence-corrected chi connectivity index (χ0v) is 8.39. The monoisotopic (exact) mass is 232 g/mol. The van der Waals surface area contributed by atoms with Gasteiger partial charge in [-0.1, -0.05) is 0 Å². The maximum atomic E-state index is 9.08. The first-order valence-electron chi connectivity index (χ1n) is 3.79. The van der Waals surface area contributed by atoms with Gasteiger partial charge in [0, 0.05) is 0 Å². The molecule has 1 aromatic carbocycles. The van der Waals surface area contributed by atoms with Crippen LogP contribution in [0.5, 0.6) is 0 Å². The van der Waals surface area contributed by atoms with Gasteiger partial charge in [0.05, 0.1) is 0 Å². The molecule has 1 rings (SSSR count). The number of aliphatic hydroxyl groups is 2. The van der Waals surface area contributed by atoms with E-state index in [0.29, 0.717) is 5.32 Å². The van der Waals surface area contributed by atoms with Gasteiger partial charge in [0.1, 0.15) is 0 Å². The normalized spacial score (nSPS) is 12.8. The Morgan fingerprint density at radius 2 is 1.92 bits per heavy atom. The molecule has 0 radical (unpaired) electrons. The summed E-state index contributed by atoms with van der Waals surface area (Å²) in [5.41, 5.74) is 0. The first-order valence-corrected chi connectivity index (χ1v) is 5.86. The summed E-state index contributed by atoms with van der Waals surface area (Å²) in [4.78, 5) is 0. The number of aliphatic hydroxyl groups excluding tert-OH is 2. The van der Waals surface area contributed by atoms with Gasteiger partial charge in [-0.15, -0.1) is 0 Å². The fourth-order valence-electron chi connectivity index (χ4n) is 0.762. The molecule has 12 heavy (non-hydrogen) atoms. The average molecular weight is 231 g/mol. The Kier molecular flexibility index (Phi) is 4.33. The van der Waals surface area contributed by atoms with E-state index in [1.165, 1.54) is 4.46 Å². The summed E-state index contributed by atoms with van der Waals surface area (Å²) in [6.07, 6.45) is -0.551. The summed E-state index contributed by atoms with van der Waals surface area (Å²) in [6.45, 7) is -0.130. The van der Waals surface area contributed by atoms with Gasteiger partial charge in [0.25, 0.3) is 0 Å². The third kappa shape index (κ3) is 3.37. The number of benzene rings is 1. The van der Waals surface area contributed by atoms with Crippen LogP contribution in [0.4, 0.5) is 0 Å². The molecule has 0 heterocycles. The van der Waals surface area contributed by atoms with Gasteiger partial charge < -0.3 is 0 Å². The van der Waals surface area contributed by atoms with Crippen LogP contribution in [0.15, 0.2) is 30.3 Å². The van der Waals surface area contributed by atoms with Crippen LogP contribution < -0.4 is 4.46 Å². The van der Waals surface area contributed by atoms with Gasteiger partial charge in [-0.25, -0.2) is 0 Å². The third-order valence-corrected chi connectivity index (χ3v) is 3.82. The fraction of sp³-hybridized carbons (Fsp3) is 0.333. The van der Waals surface area contributed by atoms with E-state index in [4.69, 9.17) is 10.2 Å². The van der Waals surface area contributed by atoms with Gasteiger partial charge >= 0.3 is 78.0 Å². The summed E-state index contributed by atoms with van der Waals surface area (Å²) in [7, 11) is 0. The Hall–Kier alpha value is -0.341. The molecular formula is C9H12O2Se. The Balaban J connectivity index is 2.33. The maximum absolute atomic E-state index is 9.08. The van der Waals surface area contributed by atoms with Gasteiger partial charge in [-0.05, 0) is 0 Å². The number of rotatable bonds is 4. The van der Waals surface area contributed by atoms with Gasteiger partial charge in [-0.2, -0.15) is 0 Å². The van der Waals surface area contributed by atoms with Crippen LogP contribution in [0.25, 0.3) is 0 Å². The van der Waals surface area contributed by atoms with E-state index in [-0.39, 0.29) is 21.6 Å². The Morgan fingerprint density at radius 3 is 2.50 bits per heavy atom. The SMILES string of the molecule is OC[C@@H](O)C[Se]c1ccccc1. The molecule has 0 aliphatic heterocycles. The molecule has 0 aromatic heterocycles. The van der Waals surface area contributed by atoms with Crippen LogP contribution >= 0.6 is 0 Å². The Bertz CT molecular complexity index is 213. The molecule has 0 aliphatic carbocycles. The molecule has 0 saturated carbocycles. The molecular weight excluding hydrogens is 219 g/mol. The molecule has 0 unspecified atom stereocenters.